The minimum absolute atomic E-state index is 0.130. The van der Waals surface area contributed by atoms with Gasteiger partial charge in [-0.05, 0) is 67.8 Å². The highest BCUT2D eigenvalue weighted by molar-refractivity contribution is 5.78. The first-order valence-electron chi connectivity index (χ1n) is 10.2. The second-order valence-corrected chi connectivity index (χ2v) is 7.97. The normalized spacial score (nSPS) is 17.0. The van der Waals surface area contributed by atoms with Crippen molar-refractivity contribution in [2.24, 2.45) is 5.92 Å². The summed E-state index contributed by atoms with van der Waals surface area (Å²) >= 11 is 0. The summed E-state index contributed by atoms with van der Waals surface area (Å²) in [4.78, 5) is 4.47. The van der Waals surface area contributed by atoms with Gasteiger partial charge in [0.2, 0.25) is 0 Å². The molecule has 28 heavy (non-hydrogen) atoms. The minimum Gasteiger partial charge on any atom is -0.507 e. The van der Waals surface area contributed by atoms with Crippen LogP contribution in [-0.4, -0.2) is 29.8 Å². The largest absolute Gasteiger partial charge is 0.507 e. The van der Waals surface area contributed by atoms with E-state index in [1.807, 2.05) is 12.1 Å². The number of rotatable bonds is 7. The van der Waals surface area contributed by atoms with Gasteiger partial charge in [0.25, 0.3) is 0 Å². The average Bonchev–Trinajstić information content (AvgIpc) is 2.68. The highest BCUT2D eigenvalue weighted by Crippen LogP contribution is 2.40. The van der Waals surface area contributed by atoms with Gasteiger partial charge in [-0.3, -0.25) is 0 Å². The molecule has 2 heterocycles. The van der Waals surface area contributed by atoms with Gasteiger partial charge in [-0.25, -0.2) is 4.98 Å². The second kappa shape index (κ2) is 9.15. The van der Waals surface area contributed by atoms with Crippen molar-refractivity contribution >= 4 is 11.5 Å². The molecule has 1 atom stereocenters. The molecule has 1 saturated heterocycles. The van der Waals surface area contributed by atoms with Gasteiger partial charge in [-0.1, -0.05) is 19.9 Å². The van der Waals surface area contributed by atoms with Gasteiger partial charge in [0.05, 0.1) is 23.6 Å². The van der Waals surface area contributed by atoms with Crippen LogP contribution >= 0.6 is 0 Å². The van der Waals surface area contributed by atoms with E-state index in [-0.39, 0.29) is 5.75 Å². The van der Waals surface area contributed by atoms with Crippen molar-refractivity contribution in [3.05, 3.63) is 29.8 Å². The zero-order valence-corrected chi connectivity index (χ0v) is 16.9. The Balaban J connectivity index is 1.93. The van der Waals surface area contributed by atoms with Gasteiger partial charge >= 0.3 is 0 Å². The molecular weight excluding hydrogens is 352 g/mol. The molecule has 0 spiro atoms. The first-order valence-corrected chi connectivity index (χ1v) is 10.2. The van der Waals surface area contributed by atoms with E-state index in [9.17, 15) is 5.11 Å². The molecule has 1 fully saturated rings. The number of nitrogen functional groups attached to an aromatic ring is 2. The Labute approximate surface area is 167 Å². The second-order valence-electron chi connectivity index (χ2n) is 7.97. The molecule has 1 unspecified atom stereocenters. The number of aromatic nitrogens is 1. The third-order valence-electron chi connectivity index (χ3n) is 5.30. The number of phenols is 1. The Bertz CT molecular complexity index is 801. The summed E-state index contributed by atoms with van der Waals surface area (Å²) in [5.74, 6) is 1.97. The average molecular weight is 385 g/mol. The van der Waals surface area contributed by atoms with Crippen LogP contribution in [0.2, 0.25) is 0 Å². The Morgan fingerprint density at radius 1 is 1.32 bits per heavy atom. The van der Waals surface area contributed by atoms with Crippen molar-refractivity contribution in [3.8, 4) is 22.8 Å². The van der Waals surface area contributed by atoms with E-state index in [4.69, 9.17) is 16.2 Å². The molecule has 6 heteroatoms. The molecule has 0 saturated carbocycles. The molecule has 3 rings (SSSR count). The van der Waals surface area contributed by atoms with Gasteiger partial charge in [0, 0.05) is 6.54 Å². The first-order chi connectivity index (χ1) is 13.5. The maximum atomic E-state index is 10.5. The summed E-state index contributed by atoms with van der Waals surface area (Å²) in [6, 6.07) is 7.25. The standard InChI is InChI=1S/C22H32N4O2/c1-14(2)6-5-11-28-19-9-3-8-18(27)20(19)17-12-16(21(23)22(24)26-17)15-7-4-10-25-13-15/h3,8-9,12,14-15,25,27H,4-7,10-11,13,23H2,1-2H3,(H2,24,26). The van der Waals surface area contributed by atoms with E-state index >= 15 is 0 Å². The van der Waals surface area contributed by atoms with Crippen LogP contribution < -0.4 is 21.5 Å². The number of anilines is 2. The number of piperidine rings is 1. The van der Waals surface area contributed by atoms with Crippen molar-refractivity contribution in [2.45, 2.75) is 45.4 Å². The van der Waals surface area contributed by atoms with Gasteiger partial charge in [-0.15, -0.1) is 0 Å². The number of benzene rings is 1. The summed E-state index contributed by atoms with van der Waals surface area (Å²) in [7, 11) is 0. The zero-order valence-electron chi connectivity index (χ0n) is 16.9. The van der Waals surface area contributed by atoms with Crippen LogP contribution in [0.3, 0.4) is 0 Å². The molecule has 6 nitrogen and oxygen atoms in total. The Kier molecular flexibility index (Phi) is 6.62. The molecule has 1 aliphatic rings. The number of nitrogens with two attached hydrogens (primary N) is 2. The summed E-state index contributed by atoms with van der Waals surface area (Å²) in [6.45, 7) is 6.88. The summed E-state index contributed by atoms with van der Waals surface area (Å²) in [6.07, 6.45) is 4.21. The van der Waals surface area contributed by atoms with Crippen LogP contribution in [-0.2, 0) is 0 Å². The molecule has 1 aromatic heterocycles. The molecular formula is C22H32N4O2. The molecule has 0 amide bonds. The molecule has 1 aliphatic heterocycles. The number of hydrogen-bond acceptors (Lipinski definition) is 6. The monoisotopic (exact) mass is 384 g/mol. The number of nitrogens with zero attached hydrogens (tertiary/aromatic N) is 1. The fourth-order valence-electron chi connectivity index (χ4n) is 3.75. The van der Waals surface area contributed by atoms with Crippen molar-refractivity contribution in [1.29, 1.82) is 0 Å². The highest BCUT2D eigenvalue weighted by Gasteiger charge is 2.22. The van der Waals surface area contributed by atoms with E-state index in [0.717, 1.165) is 44.3 Å². The number of pyridine rings is 1. The van der Waals surface area contributed by atoms with E-state index in [1.165, 1.54) is 0 Å². The SMILES string of the molecule is CC(C)CCCOc1cccc(O)c1-c1cc(C2CCCNC2)c(N)c(N)n1. The van der Waals surface area contributed by atoms with Crippen LogP contribution in [0, 0.1) is 5.92 Å². The van der Waals surface area contributed by atoms with Crippen LogP contribution in [0.15, 0.2) is 24.3 Å². The van der Waals surface area contributed by atoms with E-state index < -0.39 is 0 Å². The number of nitrogens with one attached hydrogen (secondary N) is 1. The fraction of sp³-hybridized carbons (Fsp3) is 0.500. The first kappa shape index (κ1) is 20.3. The van der Waals surface area contributed by atoms with Crippen LogP contribution in [0.1, 0.15) is 51.0 Å². The Morgan fingerprint density at radius 3 is 2.86 bits per heavy atom. The molecule has 0 aliphatic carbocycles. The van der Waals surface area contributed by atoms with Crippen molar-refractivity contribution in [1.82, 2.24) is 10.3 Å². The van der Waals surface area contributed by atoms with E-state index in [2.05, 4.69) is 24.1 Å². The van der Waals surface area contributed by atoms with Crippen LogP contribution in [0.5, 0.6) is 11.5 Å². The molecule has 6 N–H and O–H groups in total. The lowest BCUT2D eigenvalue weighted by Gasteiger charge is -2.25. The lowest BCUT2D eigenvalue weighted by molar-refractivity contribution is 0.297. The molecule has 1 aromatic carbocycles. The van der Waals surface area contributed by atoms with E-state index in [1.54, 1.807) is 12.1 Å². The summed E-state index contributed by atoms with van der Waals surface area (Å²) in [5, 5.41) is 14.0. The Morgan fingerprint density at radius 2 is 2.14 bits per heavy atom. The molecule has 0 bridgehead atoms. The number of aromatic hydroxyl groups is 1. The molecule has 0 radical (unpaired) electrons. The lowest BCUT2D eigenvalue weighted by Crippen LogP contribution is -2.29. The Hall–Kier alpha value is -2.47. The highest BCUT2D eigenvalue weighted by atomic mass is 16.5. The van der Waals surface area contributed by atoms with Gasteiger partial charge < -0.3 is 26.6 Å². The maximum absolute atomic E-state index is 10.5. The fourth-order valence-corrected chi connectivity index (χ4v) is 3.75. The smallest absolute Gasteiger partial charge is 0.147 e. The van der Waals surface area contributed by atoms with Crippen LogP contribution in [0.25, 0.3) is 11.3 Å². The van der Waals surface area contributed by atoms with E-state index in [0.29, 0.717) is 47.0 Å². The lowest BCUT2D eigenvalue weighted by atomic mass is 9.89. The maximum Gasteiger partial charge on any atom is 0.147 e. The minimum atomic E-state index is 0.130. The van der Waals surface area contributed by atoms with Gasteiger partial charge in [0.1, 0.15) is 17.3 Å². The predicted molar refractivity (Wildman–Crippen MR) is 115 cm³/mol. The molecule has 2 aromatic rings. The predicted octanol–water partition coefficient (Wildman–Crippen LogP) is 3.90. The zero-order chi connectivity index (χ0) is 20.1. The van der Waals surface area contributed by atoms with Gasteiger partial charge in [0.15, 0.2) is 0 Å². The molecule has 152 valence electrons. The van der Waals surface area contributed by atoms with Gasteiger partial charge in [-0.2, -0.15) is 0 Å². The third kappa shape index (κ3) is 4.68. The van der Waals surface area contributed by atoms with Crippen molar-refractivity contribution < 1.29 is 9.84 Å². The number of ether oxygens (including phenoxy) is 1. The quantitative estimate of drug-likeness (QED) is 0.540. The number of phenolic OH excluding ortho intramolecular Hbond substituents is 1. The third-order valence-corrected chi connectivity index (χ3v) is 5.30. The topological polar surface area (TPSA) is 106 Å². The van der Waals surface area contributed by atoms with Crippen molar-refractivity contribution in [2.75, 3.05) is 31.2 Å². The summed E-state index contributed by atoms with van der Waals surface area (Å²) < 4.78 is 5.99. The number of hydrogen-bond donors (Lipinski definition) is 4. The summed E-state index contributed by atoms with van der Waals surface area (Å²) in [5.41, 5.74) is 15.1. The van der Waals surface area contributed by atoms with Crippen molar-refractivity contribution in [3.63, 3.8) is 0 Å². The van der Waals surface area contributed by atoms with Crippen LogP contribution in [0.4, 0.5) is 11.5 Å².